The van der Waals surface area contributed by atoms with E-state index in [2.05, 4.69) is 31.9 Å². The number of ether oxygens (including phenoxy) is 2. The van der Waals surface area contributed by atoms with Crippen LogP contribution in [0.1, 0.15) is 105 Å². The maximum atomic E-state index is 14.5. The van der Waals surface area contributed by atoms with Crippen LogP contribution in [-0.2, 0) is 60.7 Å². The lowest BCUT2D eigenvalue weighted by Crippen LogP contribution is -2.59. The number of likely N-dealkylation sites (N-methyl/N-ethyl adjacent to an activating group) is 2. The van der Waals surface area contributed by atoms with E-state index < -0.39 is 95.9 Å². The first-order chi connectivity index (χ1) is 37.4. The summed E-state index contributed by atoms with van der Waals surface area (Å²) in [7, 11) is 7.52. The molecule has 1 saturated heterocycles. The van der Waals surface area contributed by atoms with Gasteiger partial charge in [0.25, 0.3) is 0 Å². The third kappa shape index (κ3) is 20.5. The van der Waals surface area contributed by atoms with Crippen LogP contribution in [0.2, 0.25) is 0 Å². The fourth-order valence-electron chi connectivity index (χ4n) is 9.77. The van der Waals surface area contributed by atoms with Crippen molar-refractivity contribution in [3.05, 3.63) is 65.7 Å². The number of hydrogen-bond acceptors (Lipinski definition) is 12. The second kappa shape index (κ2) is 33.1. The van der Waals surface area contributed by atoms with Gasteiger partial charge in [-0.15, -0.1) is 0 Å². The van der Waals surface area contributed by atoms with E-state index in [9.17, 15) is 43.2 Å². The molecule has 22 nitrogen and oxygen atoms in total. The zero-order valence-electron chi connectivity index (χ0n) is 48.6. The van der Waals surface area contributed by atoms with Gasteiger partial charge in [0.2, 0.25) is 35.4 Å². The predicted molar refractivity (Wildman–Crippen MR) is 302 cm³/mol. The second-order valence-corrected chi connectivity index (χ2v) is 21.6. The fourth-order valence-corrected chi connectivity index (χ4v) is 9.77. The standard InChI is InChI=1S/C57H91N11O11/c1-13-36(6)48(67(10)55(75)47(35(4)5)65-54(74)56(76)66(8)9)44(78-11)33-45(69)68-32-18-22-43(68)49(79-12)37(7)50(70)63-42(28-25-38-19-15-14-16-20-38)51(71)60-31-29-39-23-26-40(27-24-39)62-52(72)41(21-17-30-61-57(59)77)64-53(73)46(58)34(2)3/h14-16,19-20,23-24,26-27,34-37,41-44,46-49H,13,17-18,21-22,25,28-33,58H2,1-12H3,(H,60,71)(H,62,72)(H,63,70)(H,64,73)(H,65,74)(H3,59,61,77)/t36?,37?,41?,42-,43?,44?,46+,47-,48?,49?/m0/s1. The van der Waals surface area contributed by atoms with Crippen LogP contribution >= 0.6 is 0 Å². The third-order valence-electron chi connectivity index (χ3n) is 14.8. The number of primary amides is 1. The van der Waals surface area contributed by atoms with Crippen LogP contribution in [-0.4, -0.2) is 171 Å². The number of nitrogens with one attached hydrogen (secondary N) is 6. The molecule has 1 fully saturated rings. The van der Waals surface area contributed by atoms with Crippen LogP contribution in [0.4, 0.5) is 10.5 Å². The van der Waals surface area contributed by atoms with Gasteiger partial charge < -0.3 is 67.5 Å². The summed E-state index contributed by atoms with van der Waals surface area (Å²) in [6, 6.07) is 11.2. The number of nitrogens with zero attached hydrogens (tertiary/aromatic N) is 3. The first-order valence-corrected chi connectivity index (χ1v) is 27.6. The number of amides is 10. The van der Waals surface area contributed by atoms with Gasteiger partial charge in [0, 0.05) is 60.7 Å². The molecule has 2 aromatic rings. The Morgan fingerprint density at radius 1 is 0.722 bits per heavy atom. The second-order valence-electron chi connectivity index (χ2n) is 21.6. The van der Waals surface area contributed by atoms with Crippen molar-refractivity contribution in [2.24, 2.45) is 35.1 Å². The highest BCUT2D eigenvalue weighted by atomic mass is 16.5. The molecular formula is C57H91N11O11. The van der Waals surface area contributed by atoms with E-state index in [4.69, 9.17) is 20.9 Å². The zero-order chi connectivity index (χ0) is 59.1. The summed E-state index contributed by atoms with van der Waals surface area (Å²) in [6.07, 6.45) is 2.08. The van der Waals surface area contributed by atoms with Gasteiger partial charge in [-0.05, 0) is 86.0 Å². The fraction of sp³-hybridized carbons (Fsp3) is 0.632. The number of carbonyl (C=O) groups excluding carboxylic acids is 9. The van der Waals surface area contributed by atoms with Crippen molar-refractivity contribution in [1.82, 2.24) is 41.3 Å². The van der Waals surface area contributed by atoms with Crippen LogP contribution in [0.15, 0.2) is 54.6 Å². The number of benzene rings is 2. The Labute approximate surface area is 467 Å². The van der Waals surface area contributed by atoms with Crippen molar-refractivity contribution >= 4 is 59.0 Å². The number of methoxy groups -OCH3 is 2. The van der Waals surface area contributed by atoms with Gasteiger partial charge in [-0.3, -0.25) is 38.4 Å². The lowest BCUT2D eigenvalue weighted by atomic mass is 9.89. The molecule has 440 valence electrons. The zero-order valence-corrected chi connectivity index (χ0v) is 48.6. The van der Waals surface area contributed by atoms with E-state index in [1.807, 2.05) is 56.3 Å². The summed E-state index contributed by atoms with van der Waals surface area (Å²) in [5, 5.41) is 16.6. The number of carbonyl (C=O) groups is 9. The van der Waals surface area contributed by atoms with Crippen molar-refractivity contribution in [2.45, 2.75) is 155 Å². The van der Waals surface area contributed by atoms with Gasteiger partial charge in [0.05, 0.1) is 42.7 Å². The van der Waals surface area contributed by atoms with E-state index in [1.165, 1.54) is 33.2 Å². The number of rotatable bonds is 31. The van der Waals surface area contributed by atoms with Crippen molar-refractivity contribution in [3.8, 4) is 0 Å². The molecule has 1 aliphatic rings. The van der Waals surface area contributed by atoms with Crippen molar-refractivity contribution < 1.29 is 52.6 Å². The molecule has 0 aliphatic carbocycles. The average molecular weight is 1110 g/mol. The number of anilines is 1. The molecule has 1 aliphatic heterocycles. The van der Waals surface area contributed by atoms with Crippen molar-refractivity contribution in [2.75, 3.05) is 60.3 Å². The number of urea groups is 1. The number of aryl methyl sites for hydroxylation is 1. The maximum Gasteiger partial charge on any atom is 0.312 e. The Morgan fingerprint density at radius 2 is 1.34 bits per heavy atom. The molecule has 7 unspecified atom stereocenters. The highest BCUT2D eigenvalue weighted by molar-refractivity contribution is 6.35. The van der Waals surface area contributed by atoms with Crippen LogP contribution in [0, 0.1) is 23.7 Å². The van der Waals surface area contributed by atoms with Crippen molar-refractivity contribution in [3.63, 3.8) is 0 Å². The molecule has 0 saturated carbocycles. The molecule has 0 spiro atoms. The summed E-state index contributed by atoms with van der Waals surface area (Å²) in [5.74, 6) is -5.55. The highest BCUT2D eigenvalue weighted by Gasteiger charge is 2.43. The van der Waals surface area contributed by atoms with Crippen LogP contribution in [0.3, 0.4) is 0 Å². The van der Waals surface area contributed by atoms with E-state index in [0.717, 1.165) is 16.0 Å². The summed E-state index contributed by atoms with van der Waals surface area (Å²) in [5.41, 5.74) is 13.5. The van der Waals surface area contributed by atoms with Crippen molar-refractivity contribution in [1.29, 1.82) is 0 Å². The molecule has 3 rings (SSSR count). The molecule has 79 heavy (non-hydrogen) atoms. The van der Waals surface area contributed by atoms with Gasteiger partial charge in [0.1, 0.15) is 18.1 Å². The molecular weight excluding hydrogens is 1010 g/mol. The lowest BCUT2D eigenvalue weighted by Gasteiger charge is -2.40. The maximum absolute atomic E-state index is 14.5. The van der Waals surface area contributed by atoms with Gasteiger partial charge in [0.15, 0.2) is 0 Å². The minimum Gasteiger partial charge on any atom is -0.379 e. The first-order valence-electron chi connectivity index (χ1n) is 27.6. The molecule has 10 N–H and O–H groups in total. The first kappa shape index (κ1) is 66.6. The van der Waals surface area contributed by atoms with Gasteiger partial charge in [-0.25, -0.2) is 4.79 Å². The topological polar surface area (TPSA) is 306 Å². The predicted octanol–water partition coefficient (Wildman–Crippen LogP) is 2.47. The summed E-state index contributed by atoms with van der Waals surface area (Å²) >= 11 is 0. The summed E-state index contributed by atoms with van der Waals surface area (Å²) < 4.78 is 12.0. The molecule has 0 radical (unpaired) electrons. The Morgan fingerprint density at radius 3 is 1.91 bits per heavy atom. The van der Waals surface area contributed by atoms with Crippen LogP contribution in [0.5, 0.6) is 0 Å². The molecule has 2 aromatic carbocycles. The monoisotopic (exact) mass is 1110 g/mol. The van der Waals surface area contributed by atoms with E-state index in [0.29, 0.717) is 57.2 Å². The minimum absolute atomic E-state index is 0.0904. The SMILES string of the molecule is CCC(C)C(C(CC(=O)N1CCCC1C(OC)C(C)C(=O)N[C@@H](CCc1ccccc1)C(=O)NCCc1ccc(NC(=O)C(CCCNC(N)=O)NC(=O)[C@H](N)C(C)C)cc1)OC)N(C)C(=O)[C@@H](NC(=O)C(=O)N(C)C)C(C)C. The molecule has 22 heteroatoms. The highest BCUT2D eigenvalue weighted by Crippen LogP contribution is 2.30. The normalized spacial score (nSPS) is 16.7. The summed E-state index contributed by atoms with van der Waals surface area (Å²) in [4.78, 5) is 124. The minimum atomic E-state index is -1.02. The number of hydrogen-bond donors (Lipinski definition) is 8. The Hall–Kier alpha value is -6.65. The Bertz CT molecular complexity index is 2320. The molecule has 10 atom stereocenters. The van der Waals surface area contributed by atoms with E-state index in [-0.39, 0.29) is 55.5 Å². The van der Waals surface area contributed by atoms with Crippen LogP contribution in [0.25, 0.3) is 0 Å². The van der Waals surface area contributed by atoms with E-state index in [1.54, 1.807) is 58.7 Å². The number of nitrogens with two attached hydrogens (primary N) is 2. The van der Waals surface area contributed by atoms with Gasteiger partial charge >= 0.3 is 17.8 Å². The number of likely N-dealkylation sites (tertiary alicyclic amines) is 1. The summed E-state index contributed by atoms with van der Waals surface area (Å²) in [6.45, 7) is 13.7. The molecule has 0 aromatic heterocycles. The van der Waals surface area contributed by atoms with Crippen LogP contribution < -0.4 is 43.4 Å². The Balaban J connectivity index is 1.73. The quantitative estimate of drug-likeness (QED) is 0.0399. The molecule has 1 heterocycles. The van der Waals surface area contributed by atoms with Gasteiger partial charge in [-0.2, -0.15) is 0 Å². The molecule has 10 amide bonds. The lowest BCUT2D eigenvalue weighted by molar-refractivity contribution is -0.149. The Kier molecular flexibility index (Phi) is 27.9. The van der Waals surface area contributed by atoms with Gasteiger partial charge in [-0.1, -0.05) is 97.4 Å². The average Bonchev–Trinajstić information content (AvgIpc) is 3.95. The smallest absolute Gasteiger partial charge is 0.312 e. The van der Waals surface area contributed by atoms with E-state index >= 15 is 0 Å². The third-order valence-corrected chi connectivity index (χ3v) is 14.8. The largest absolute Gasteiger partial charge is 0.379 e. The molecule has 0 bridgehead atoms.